The molecule has 0 aliphatic heterocycles. The molecule has 0 bridgehead atoms. The van der Waals surface area contributed by atoms with Gasteiger partial charge < -0.3 is 5.32 Å². The van der Waals surface area contributed by atoms with Crippen molar-refractivity contribution in [3.05, 3.63) is 30.3 Å². The molecule has 0 unspecified atom stereocenters. The third-order valence-corrected chi connectivity index (χ3v) is 4.83. The molecule has 22 heavy (non-hydrogen) atoms. The molecule has 0 amide bonds. The van der Waals surface area contributed by atoms with Crippen molar-refractivity contribution < 1.29 is 0 Å². The molecule has 1 aromatic rings. The molecule has 0 saturated heterocycles. The third-order valence-electron chi connectivity index (χ3n) is 4.83. The fourth-order valence-electron chi connectivity index (χ4n) is 3.46. The van der Waals surface area contributed by atoms with Crippen molar-refractivity contribution in [1.82, 2.24) is 0 Å². The second kappa shape index (κ2) is 9.51. The van der Waals surface area contributed by atoms with Crippen molar-refractivity contribution in [2.24, 2.45) is 0 Å². The van der Waals surface area contributed by atoms with Gasteiger partial charge in [0.1, 0.15) is 5.54 Å². The number of rotatable bonds is 2. The van der Waals surface area contributed by atoms with E-state index in [1.54, 1.807) is 0 Å². The Hall–Kier alpha value is -1.49. The monoisotopic (exact) mass is 298 g/mol. The molecule has 2 heteroatoms. The minimum Gasteiger partial charge on any atom is -0.367 e. The second-order valence-electron chi connectivity index (χ2n) is 6.72. The van der Waals surface area contributed by atoms with E-state index in [1.807, 2.05) is 18.2 Å². The quantitative estimate of drug-likeness (QED) is 0.720. The van der Waals surface area contributed by atoms with E-state index in [2.05, 4.69) is 23.5 Å². The molecule has 1 saturated carbocycles. The van der Waals surface area contributed by atoms with Gasteiger partial charge in [0.25, 0.3) is 0 Å². The second-order valence-corrected chi connectivity index (χ2v) is 6.72. The van der Waals surface area contributed by atoms with E-state index < -0.39 is 0 Å². The number of hydrogen-bond acceptors (Lipinski definition) is 2. The zero-order valence-electron chi connectivity index (χ0n) is 13.8. The number of anilines is 1. The van der Waals surface area contributed by atoms with E-state index >= 15 is 0 Å². The molecular formula is C20H30N2. The van der Waals surface area contributed by atoms with Crippen LogP contribution in [0.15, 0.2) is 30.3 Å². The summed E-state index contributed by atoms with van der Waals surface area (Å²) >= 11 is 0. The Morgan fingerprint density at radius 3 is 1.64 bits per heavy atom. The van der Waals surface area contributed by atoms with Gasteiger partial charge in [0.15, 0.2) is 0 Å². The predicted molar refractivity (Wildman–Crippen MR) is 93.8 cm³/mol. The Morgan fingerprint density at radius 2 is 1.18 bits per heavy atom. The third kappa shape index (κ3) is 5.72. The Morgan fingerprint density at radius 1 is 0.727 bits per heavy atom. The van der Waals surface area contributed by atoms with Crippen molar-refractivity contribution in [2.75, 3.05) is 5.32 Å². The molecule has 2 nitrogen and oxygen atoms in total. The standard InChI is InChI=1S/C20H30N2/c21-18-20(22-19-14-10-9-11-15-19)16-12-7-5-3-1-2-4-6-8-13-17-20/h9-11,14-15,22H,1-8,12-13,16-17H2. The van der Waals surface area contributed by atoms with Gasteiger partial charge in [0.2, 0.25) is 0 Å². The number of para-hydroxylation sites is 1. The van der Waals surface area contributed by atoms with Crippen molar-refractivity contribution in [1.29, 1.82) is 5.26 Å². The first kappa shape index (κ1) is 16.9. The fourth-order valence-corrected chi connectivity index (χ4v) is 3.46. The number of nitriles is 1. The van der Waals surface area contributed by atoms with Gasteiger partial charge in [-0.25, -0.2) is 0 Å². The highest BCUT2D eigenvalue weighted by Gasteiger charge is 2.28. The molecule has 0 heterocycles. The van der Waals surface area contributed by atoms with Crippen molar-refractivity contribution in [2.45, 2.75) is 82.6 Å². The van der Waals surface area contributed by atoms with Gasteiger partial charge in [0, 0.05) is 5.69 Å². The molecule has 0 radical (unpaired) electrons. The summed E-state index contributed by atoms with van der Waals surface area (Å²) in [7, 11) is 0. The minimum atomic E-state index is -0.380. The van der Waals surface area contributed by atoms with Crippen LogP contribution in [0.4, 0.5) is 5.69 Å². The lowest BCUT2D eigenvalue weighted by Gasteiger charge is -2.29. The first-order chi connectivity index (χ1) is 10.8. The first-order valence-electron chi connectivity index (χ1n) is 9.09. The number of hydrogen-bond donors (Lipinski definition) is 1. The number of nitrogens with zero attached hydrogens (tertiary/aromatic N) is 1. The Bertz CT molecular complexity index is 433. The molecule has 120 valence electrons. The molecule has 0 aromatic heterocycles. The van der Waals surface area contributed by atoms with Crippen molar-refractivity contribution in [3.8, 4) is 6.07 Å². The van der Waals surface area contributed by atoms with E-state index in [-0.39, 0.29) is 5.54 Å². The van der Waals surface area contributed by atoms with Gasteiger partial charge in [-0.15, -0.1) is 0 Å². The highest BCUT2D eigenvalue weighted by atomic mass is 15.0. The van der Waals surface area contributed by atoms with E-state index in [4.69, 9.17) is 0 Å². The van der Waals surface area contributed by atoms with Crippen LogP contribution in [0.2, 0.25) is 0 Å². The van der Waals surface area contributed by atoms with Crippen molar-refractivity contribution >= 4 is 5.69 Å². The van der Waals surface area contributed by atoms with Crippen LogP contribution in [0.1, 0.15) is 77.0 Å². The average molecular weight is 298 g/mol. The summed E-state index contributed by atoms with van der Waals surface area (Å²) in [5.41, 5.74) is 0.698. The Kier molecular flexibility index (Phi) is 7.30. The maximum absolute atomic E-state index is 9.85. The summed E-state index contributed by atoms with van der Waals surface area (Å²) in [5.74, 6) is 0. The largest absolute Gasteiger partial charge is 0.367 e. The van der Waals surface area contributed by atoms with Gasteiger partial charge in [0.05, 0.1) is 6.07 Å². The van der Waals surface area contributed by atoms with Gasteiger partial charge in [-0.1, -0.05) is 82.4 Å². The molecule has 2 rings (SSSR count). The zero-order chi connectivity index (χ0) is 15.5. The first-order valence-corrected chi connectivity index (χ1v) is 9.09. The molecule has 0 atom stereocenters. The smallest absolute Gasteiger partial charge is 0.125 e. The van der Waals surface area contributed by atoms with Gasteiger partial charge >= 0.3 is 0 Å². The van der Waals surface area contributed by atoms with Crippen LogP contribution in [0, 0.1) is 11.3 Å². The molecular weight excluding hydrogens is 268 g/mol. The van der Waals surface area contributed by atoms with Crippen LogP contribution in [0.25, 0.3) is 0 Å². The molecule has 1 aliphatic rings. The Balaban J connectivity index is 2.01. The number of nitrogens with one attached hydrogen (secondary N) is 1. The SMILES string of the molecule is N#CC1(Nc2ccccc2)CCCCCCCCCCCC1. The summed E-state index contributed by atoms with van der Waals surface area (Å²) in [5, 5.41) is 13.4. The zero-order valence-corrected chi connectivity index (χ0v) is 13.8. The maximum Gasteiger partial charge on any atom is 0.125 e. The van der Waals surface area contributed by atoms with Crippen LogP contribution >= 0.6 is 0 Å². The molecule has 1 aliphatic carbocycles. The predicted octanol–water partition coefficient (Wildman–Crippen LogP) is 6.06. The maximum atomic E-state index is 9.85. The van der Waals surface area contributed by atoms with Crippen LogP contribution in [0.5, 0.6) is 0 Å². The average Bonchev–Trinajstić information content (AvgIpc) is 2.58. The Labute approximate surface area is 135 Å². The normalized spacial score (nSPS) is 20.7. The topological polar surface area (TPSA) is 35.8 Å². The van der Waals surface area contributed by atoms with Gasteiger partial charge in [-0.05, 0) is 25.0 Å². The lowest BCUT2D eigenvalue weighted by molar-refractivity contribution is 0.445. The lowest BCUT2D eigenvalue weighted by Crippen LogP contribution is -2.36. The summed E-state index contributed by atoms with van der Waals surface area (Å²) in [4.78, 5) is 0. The van der Waals surface area contributed by atoms with Gasteiger partial charge in [-0.2, -0.15) is 5.26 Å². The highest BCUT2D eigenvalue weighted by molar-refractivity contribution is 5.47. The molecule has 0 spiro atoms. The molecule has 1 aromatic carbocycles. The summed E-state index contributed by atoms with van der Waals surface area (Å²) in [6.07, 6.45) is 15.0. The van der Waals surface area contributed by atoms with Crippen LogP contribution < -0.4 is 5.32 Å². The fraction of sp³-hybridized carbons (Fsp3) is 0.650. The summed E-state index contributed by atoms with van der Waals surface area (Å²) in [6, 6.07) is 12.9. The van der Waals surface area contributed by atoms with E-state index in [1.165, 1.54) is 51.4 Å². The van der Waals surface area contributed by atoms with Crippen LogP contribution in [-0.4, -0.2) is 5.54 Å². The summed E-state index contributed by atoms with van der Waals surface area (Å²) < 4.78 is 0. The van der Waals surface area contributed by atoms with E-state index in [9.17, 15) is 5.26 Å². The number of benzene rings is 1. The van der Waals surface area contributed by atoms with Crippen LogP contribution in [0.3, 0.4) is 0 Å². The van der Waals surface area contributed by atoms with E-state index in [0.717, 1.165) is 31.4 Å². The lowest BCUT2D eigenvalue weighted by atomic mass is 9.87. The molecule has 1 N–H and O–H groups in total. The van der Waals surface area contributed by atoms with Gasteiger partial charge in [-0.3, -0.25) is 0 Å². The molecule has 1 fully saturated rings. The van der Waals surface area contributed by atoms with Crippen LogP contribution in [-0.2, 0) is 0 Å². The van der Waals surface area contributed by atoms with E-state index in [0.29, 0.717) is 0 Å². The van der Waals surface area contributed by atoms with Crippen molar-refractivity contribution in [3.63, 3.8) is 0 Å². The highest BCUT2D eigenvalue weighted by Crippen LogP contribution is 2.28. The summed E-state index contributed by atoms with van der Waals surface area (Å²) in [6.45, 7) is 0. The minimum absolute atomic E-state index is 0.380.